The van der Waals surface area contributed by atoms with Gasteiger partial charge in [-0.15, -0.1) is 0 Å². The van der Waals surface area contributed by atoms with Gasteiger partial charge in [-0.1, -0.05) is 23.2 Å². The molecule has 4 aliphatic rings. The molecule has 4 nitrogen and oxygen atoms in total. The highest BCUT2D eigenvalue weighted by Crippen LogP contribution is 2.61. The van der Waals surface area contributed by atoms with Crippen LogP contribution in [0, 0.1) is 34.5 Å². The lowest BCUT2D eigenvalue weighted by Crippen LogP contribution is -2.56. The fourth-order valence-electron chi connectivity index (χ4n) is 6.04. The molecular weight excluding hydrogens is 393 g/mol. The maximum Gasteiger partial charge on any atom is 0.263 e. The third kappa shape index (κ3) is 3.75. The van der Waals surface area contributed by atoms with Gasteiger partial charge in [0, 0.05) is 17.3 Å². The average molecular weight is 418 g/mol. The third-order valence-electron chi connectivity index (χ3n) is 7.02. The molecule has 6 heteroatoms. The van der Waals surface area contributed by atoms with Gasteiger partial charge in [-0.25, -0.2) is 0 Å². The summed E-state index contributed by atoms with van der Waals surface area (Å²) >= 11 is 12.1. The van der Waals surface area contributed by atoms with Crippen LogP contribution in [-0.2, 0) is 4.79 Å². The Morgan fingerprint density at radius 3 is 2.39 bits per heavy atom. The monoisotopic (exact) mass is 417 g/mol. The Morgan fingerprint density at radius 2 is 1.82 bits per heavy atom. The van der Waals surface area contributed by atoms with Crippen molar-refractivity contribution < 1.29 is 4.79 Å². The van der Waals surface area contributed by atoms with Gasteiger partial charge in [-0.3, -0.25) is 4.79 Å². The van der Waals surface area contributed by atoms with Crippen LogP contribution < -0.4 is 10.6 Å². The molecule has 1 amide bonds. The molecule has 4 aliphatic carbocycles. The van der Waals surface area contributed by atoms with Gasteiger partial charge in [0.2, 0.25) is 0 Å². The molecule has 0 spiro atoms. The van der Waals surface area contributed by atoms with E-state index in [1.165, 1.54) is 44.7 Å². The van der Waals surface area contributed by atoms with Gasteiger partial charge < -0.3 is 10.6 Å². The number of nitrogens with one attached hydrogen (secondary N) is 2. The second-order valence-corrected chi connectivity index (χ2v) is 9.76. The van der Waals surface area contributed by atoms with E-state index in [1.807, 2.05) is 6.07 Å². The number of amides is 1. The van der Waals surface area contributed by atoms with Crippen LogP contribution in [-0.4, -0.2) is 11.9 Å². The summed E-state index contributed by atoms with van der Waals surface area (Å²) < 4.78 is 0. The molecule has 4 bridgehead atoms. The van der Waals surface area contributed by atoms with Crippen molar-refractivity contribution in [1.29, 1.82) is 5.26 Å². The van der Waals surface area contributed by atoms with Crippen LogP contribution in [0.5, 0.6) is 0 Å². The van der Waals surface area contributed by atoms with E-state index in [0.29, 0.717) is 15.7 Å². The van der Waals surface area contributed by atoms with Gasteiger partial charge in [-0.05, 0) is 86.8 Å². The number of carbonyl (C=O) groups is 1. The van der Waals surface area contributed by atoms with Crippen molar-refractivity contribution in [3.8, 4) is 6.07 Å². The minimum Gasteiger partial charge on any atom is -0.359 e. The molecule has 0 heterocycles. The molecule has 0 saturated heterocycles. The van der Waals surface area contributed by atoms with Gasteiger partial charge >= 0.3 is 0 Å². The molecule has 28 heavy (non-hydrogen) atoms. The first-order valence-electron chi connectivity index (χ1n) is 10.0. The van der Waals surface area contributed by atoms with Crippen molar-refractivity contribution >= 4 is 34.8 Å². The highest BCUT2D eigenvalue weighted by molar-refractivity contribution is 6.35. The van der Waals surface area contributed by atoms with Gasteiger partial charge in [0.25, 0.3) is 5.91 Å². The van der Waals surface area contributed by atoms with E-state index < -0.39 is 0 Å². The Morgan fingerprint density at radius 1 is 1.21 bits per heavy atom. The fourth-order valence-corrected chi connectivity index (χ4v) is 6.39. The number of hydrogen-bond acceptors (Lipinski definition) is 3. The van der Waals surface area contributed by atoms with E-state index in [0.717, 1.165) is 17.8 Å². The lowest BCUT2D eigenvalue weighted by Gasteiger charge is -2.59. The Balaban J connectivity index is 1.44. The average Bonchev–Trinajstić information content (AvgIpc) is 2.63. The molecule has 1 aromatic rings. The lowest BCUT2D eigenvalue weighted by molar-refractivity contribution is -0.122. The van der Waals surface area contributed by atoms with E-state index in [1.54, 1.807) is 18.2 Å². The van der Waals surface area contributed by atoms with E-state index in [9.17, 15) is 10.1 Å². The van der Waals surface area contributed by atoms with Crippen molar-refractivity contribution in [2.75, 3.05) is 5.32 Å². The predicted molar refractivity (Wildman–Crippen MR) is 112 cm³/mol. The SMILES string of the molecule is CC(NC(=O)/C(C#N)=C\Nc1cc(Cl)ccc1Cl)C12CC3CC(CC(C3)C1)C2. The van der Waals surface area contributed by atoms with Crippen molar-refractivity contribution in [2.24, 2.45) is 23.2 Å². The predicted octanol–water partition coefficient (Wildman–Crippen LogP) is 5.53. The molecule has 0 aliphatic heterocycles. The normalized spacial score (nSPS) is 31.9. The van der Waals surface area contributed by atoms with E-state index >= 15 is 0 Å². The van der Waals surface area contributed by atoms with E-state index in [4.69, 9.17) is 23.2 Å². The van der Waals surface area contributed by atoms with Crippen molar-refractivity contribution in [2.45, 2.75) is 51.5 Å². The minimum absolute atomic E-state index is 0.0348. The van der Waals surface area contributed by atoms with Crippen LogP contribution in [0.2, 0.25) is 10.0 Å². The number of nitrogens with zero attached hydrogens (tertiary/aromatic N) is 1. The second-order valence-electron chi connectivity index (χ2n) is 8.91. The van der Waals surface area contributed by atoms with Crippen LogP contribution in [0.4, 0.5) is 5.69 Å². The zero-order valence-corrected chi connectivity index (χ0v) is 17.5. The summed E-state index contributed by atoms with van der Waals surface area (Å²) in [7, 11) is 0. The van der Waals surface area contributed by atoms with Crippen LogP contribution in [0.1, 0.15) is 45.4 Å². The summed E-state index contributed by atoms with van der Waals surface area (Å²) in [5.41, 5.74) is 0.797. The van der Waals surface area contributed by atoms with Gasteiger partial charge in [0.1, 0.15) is 11.6 Å². The molecule has 0 aromatic heterocycles. The molecular formula is C22H25Cl2N3O. The molecule has 1 aromatic carbocycles. The maximum atomic E-state index is 12.7. The number of carbonyl (C=O) groups excluding carboxylic acids is 1. The maximum absolute atomic E-state index is 12.7. The molecule has 4 saturated carbocycles. The summed E-state index contributed by atoms with van der Waals surface area (Å²) in [6.07, 6.45) is 9.14. The summed E-state index contributed by atoms with van der Waals surface area (Å²) in [5, 5.41) is 16.5. The topological polar surface area (TPSA) is 64.9 Å². The Kier molecular flexibility index (Phi) is 5.33. The summed E-state index contributed by atoms with van der Waals surface area (Å²) in [4.78, 5) is 12.7. The molecule has 1 unspecified atom stereocenters. The standard InChI is InChI=1S/C22H25Cl2N3O/c1-13(22-8-14-4-15(9-22)6-16(5-14)10-22)27-21(28)17(11-25)12-26-20-7-18(23)2-3-19(20)24/h2-3,7,12-16,26H,4-6,8-10H2,1H3,(H,27,28)/b17-12-. The summed E-state index contributed by atoms with van der Waals surface area (Å²) in [6, 6.07) is 7.08. The van der Waals surface area contributed by atoms with Crippen LogP contribution in [0.15, 0.2) is 30.0 Å². The molecule has 148 valence electrons. The van der Waals surface area contributed by atoms with Crippen LogP contribution in [0.3, 0.4) is 0 Å². The van der Waals surface area contributed by atoms with E-state index in [-0.39, 0.29) is 22.9 Å². The second kappa shape index (κ2) is 7.61. The molecule has 1 atom stereocenters. The minimum atomic E-state index is -0.337. The van der Waals surface area contributed by atoms with Crippen molar-refractivity contribution in [3.05, 3.63) is 40.0 Å². The van der Waals surface area contributed by atoms with Gasteiger partial charge in [0.15, 0.2) is 0 Å². The number of anilines is 1. The first kappa shape index (κ1) is 19.6. The third-order valence-corrected chi connectivity index (χ3v) is 7.58. The van der Waals surface area contributed by atoms with Crippen molar-refractivity contribution in [1.82, 2.24) is 5.32 Å². The van der Waals surface area contributed by atoms with Crippen LogP contribution in [0.25, 0.3) is 0 Å². The lowest BCUT2D eigenvalue weighted by atomic mass is 9.48. The zero-order valence-electron chi connectivity index (χ0n) is 16.0. The highest BCUT2D eigenvalue weighted by atomic mass is 35.5. The quantitative estimate of drug-likeness (QED) is 0.488. The Hall–Kier alpha value is -1.70. The number of benzene rings is 1. The number of hydrogen-bond donors (Lipinski definition) is 2. The summed E-state index contributed by atoms with van der Waals surface area (Å²) in [5.74, 6) is 2.13. The molecule has 2 N–H and O–H groups in total. The van der Waals surface area contributed by atoms with Crippen molar-refractivity contribution in [3.63, 3.8) is 0 Å². The molecule has 5 rings (SSSR count). The summed E-state index contributed by atoms with van der Waals surface area (Å²) in [6.45, 7) is 2.11. The van der Waals surface area contributed by atoms with Crippen LogP contribution >= 0.6 is 23.2 Å². The smallest absolute Gasteiger partial charge is 0.263 e. The van der Waals surface area contributed by atoms with Gasteiger partial charge in [0.05, 0.1) is 10.7 Å². The number of halogens is 2. The zero-order chi connectivity index (χ0) is 19.9. The number of rotatable bonds is 5. The first-order valence-corrected chi connectivity index (χ1v) is 10.8. The fraction of sp³-hybridized carbons (Fsp3) is 0.545. The molecule has 0 radical (unpaired) electrons. The van der Waals surface area contributed by atoms with E-state index in [2.05, 4.69) is 17.6 Å². The Bertz CT molecular complexity index is 823. The number of nitriles is 1. The largest absolute Gasteiger partial charge is 0.359 e. The van der Waals surface area contributed by atoms with Gasteiger partial charge in [-0.2, -0.15) is 5.26 Å². The first-order chi connectivity index (χ1) is 13.4. The Labute approximate surface area is 176 Å². The highest BCUT2D eigenvalue weighted by Gasteiger charge is 2.53. The molecule has 4 fully saturated rings.